The lowest BCUT2D eigenvalue weighted by molar-refractivity contribution is 0.229. The second kappa shape index (κ2) is 18.0. The van der Waals surface area contributed by atoms with Crippen molar-refractivity contribution in [3.8, 4) is 11.5 Å². The van der Waals surface area contributed by atoms with Gasteiger partial charge in [-0.15, -0.1) is 0 Å². The number of nitrogens with zero attached hydrogens (tertiary/aromatic N) is 4. The Kier molecular flexibility index (Phi) is 13.5. The smallest absolute Gasteiger partial charge is 0.361 e. The fourth-order valence-electron chi connectivity index (χ4n) is 5.74. The zero-order chi connectivity index (χ0) is 37.1. The Hall–Kier alpha value is -4.28. The maximum Gasteiger partial charge on any atom is 0.361 e. The monoisotopic (exact) mass is 748 g/mol. The number of para-hydroxylation sites is 2. The molecule has 4 aromatic carbocycles. The van der Waals surface area contributed by atoms with Gasteiger partial charge in [0.15, 0.2) is 0 Å². The molecule has 0 fully saturated rings. The summed E-state index contributed by atoms with van der Waals surface area (Å²) in [6.45, 7) is 9.83. The Morgan fingerprint density at radius 1 is 0.558 bits per heavy atom. The lowest BCUT2D eigenvalue weighted by Gasteiger charge is -2.17. The van der Waals surface area contributed by atoms with Crippen molar-refractivity contribution < 1.29 is 36.7 Å². The molecule has 0 atom stereocenters. The molecule has 0 amide bonds. The van der Waals surface area contributed by atoms with Crippen LogP contribution >= 0.6 is 15.2 Å². The predicted molar refractivity (Wildman–Crippen MR) is 205 cm³/mol. The molecule has 0 saturated heterocycles. The van der Waals surface area contributed by atoms with Crippen LogP contribution in [0.3, 0.4) is 0 Å². The molecular weight excluding hydrogens is 702 g/mol. The van der Waals surface area contributed by atoms with Gasteiger partial charge in [0.2, 0.25) is 0 Å². The molecule has 0 N–H and O–H groups in total. The molecule has 6 rings (SSSR count). The molecule has 2 heterocycles. The topological polar surface area (TPSA) is 125 Å². The summed E-state index contributed by atoms with van der Waals surface area (Å²) < 4.78 is 62.1. The van der Waals surface area contributed by atoms with Crippen LogP contribution in [0.2, 0.25) is 0 Å². The molecule has 0 saturated carbocycles. The summed E-state index contributed by atoms with van der Waals surface area (Å²) in [5.41, 5.74) is 5.80. The second-order valence-electron chi connectivity index (χ2n) is 11.4. The lowest BCUT2D eigenvalue weighted by atomic mass is 10.2. The average Bonchev–Trinajstić information content (AvgIpc) is 3.77. The predicted octanol–water partition coefficient (Wildman–Crippen LogP) is 7.97. The zero-order valence-corrected chi connectivity index (χ0v) is 32.2. The van der Waals surface area contributed by atoms with Gasteiger partial charge in [-0.3, -0.25) is 9.13 Å². The number of aromatic nitrogens is 4. The van der Waals surface area contributed by atoms with E-state index in [2.05, 4.69) is 14.5 Å². The van der Waals surface area contributed by atoms with Gasteiger partial charge in [-0.2, -0.15) is 0 Å². The van der Waals surface area contributed by atoms with Crippen LogP contribution < -0.4 is 20.1 Å². The van der Waals surface area contributed by atoms with Crippen LogP contribution in [0.4, 0.5) is 0 Å². The molecule has 0 radical (unpaired) electrons. The van der Waals surface area contributed by atoms with E-state index in [0.717, 1.165) is 44.7 Å². The number of hydrogen-bond acceptors (Lipinski definition) is 10. The number of fused-ring (bicyclic) bond motifs is 2. The average molecular weight is 749 g/mol. The van der Waals surface area contributed by atoms with E-state index < -0.39 is 15.2 Å². The molecule has 12 nitrogen and oxygen atoms in total. The number of hydrogen-bond donors (Lipinski definition) is 0. The maximum atomic E-state index is 12.8. The molecule has 0 bridgehead atoms. The quantitative estimate of drug-likeness (QED) is 0.0901. The fraction of sp³-hybridized carbons (Fsp3) is 0.316. The highest BCUT2D eigenvalue weighted by Gasteiger charge is 2.27. The summed E-state index contributed by atoms with van der Waals surface area (Å²) >= 11 is 0. The van der Waals surface area contributed by atoms with Gasteiger partial charge in [-0.25, -0.2) is 9.97 Å². The van der Waals surface area contributed by atoms with Crippen LogP contribution in [-0.4, -0.2) is 59.7 Å². The highest BCUT2D eigenvalue weighted by Crippen LogP contribution is 2.47. The lowest BCUT2D eigenvalue weighted by Crippen LogP contribution is -2.11. The second-order valence-corrected chi connectivity index (χ2v) is 15.5. The number of ether oxygens (including phenoxy) is 2. The third kappa shape index (κ3) is 8.84. The Morgan fingerprint density at radius 2 is 1.02 bits per heavy atom. The van der Waals surface area contributed by atoms with Crippen molar-refractivity contribution in [2.45, 2.75) is 40.8 Å². The van der Waals surface area contributed by atoms with Crippen LogP contribution in [0.5, 0.6) is 11.5 Å². The molecular formula is C38H46N4O8P2. The standard InChI is InChI=1S/2C19H23N2O4P/c1-4-24-26(22,25-5-2)16-11-9-15(10-12-16)13-21-14-20-19-17(21)7-6-8-18(19)23-3;1-4-24-26(22,25-5-2)16-11-9-15(10-12-16)13-21-14-20-17-7-6-8-18(23-3)19(17)21/h2*6-12,14H,4-5,13H2,1-3H3. The van der Waals surface area contributed by atoms with Gasteiger partial charge in [-0.1, -0.05) is 36.4 Å². The summed E-state index contributed by atoms with van der Waals surface area (Å²) in [5.74, 6) is 1.54. The summed E-state index contributed by atoms with van der Waals surface area (Å²) in [4.78, 5) is 8.87. The molecule has 0 aliphatic rings. The number of methoxy groups -OCH3 is 2. The van der Waals surface area contributed by atoms with E-state index in [9.17, 15) is 9.13 Å². The molecule has 276 valence electrons. The molecule has 14 heteroatoms. The summed E-state index contributed by atoms with van der Waals surface area (Å²) in [6.07, 6.45) is 3.60. The van der Waals surface area contributed by atoms with Gasteiger partial charge in [-0.05, 0) is 87.4 Å². The Morgan fingerprint density at radius 3 is 1.52 bits per heavy atom. The van der Waals surface area contributed by atoms with Crippen molar-refractivity contribution in [3.63, 3.8) is 0 Å². The minimum atomic E-state index is -3.25. The van der Waals surface area contributed by atoms with Gasteiger partial charge >= 0.3 is 15.2 Å². The van der Waals surface area contributed by atoms with Crippen molar-refractivity contribution in [1.82, 2.24) is 19.1 Å². The van der Waals surface area contributed by atoms with Crippen molar-refractivity contribution in [2.24, 2.45) is 0 Å². The first-order chi connectivity index (χ1) is 25.2. The van der Waals surface area contributed by atoms with E-state index in [-0.39, 0.29) is 0 Å². The molecule has 0 spiro atoms. The van der Waals surface area contributed by atoms with E-state index in [4.69, 9.17) is 27.6 Å². The summed E-state index contributed by atoms with van der Waals surface area (Å²) in [6, 6.07) is 26.6. The number of benzene rings is 4. The van der Waals surface area contributed by atoms with Crippen molar-refractivity contribution in [2.75, 3.05) is 40.6 Å². The normalized spacial score (nSPS) is 11.8. The van der Waals surface area contributed by atoms with E-state index >= 15 is 0 Å². The van der Waals surface area contributed by atoms with E-state index in [1.165, 1.54) is 0 Å². The number of rotatable bonds is 16. The molecule has 52 heavy (non-hydrogen) atoms. The summed E-state index contributed by atoms with van der Waals surface area (Å²) in [7, 11) is -3.21. The Labute approximate surface area is 304 Å². The minimum Gasteiger partial charge on any atom is -0.494 e. The Bertz CT molecular complexity index is 2130. The molecule has 2 aromatic heterocycles. The zero-order valence-electron chi connectivity index (χ0n) is 30.4. The highest BCUT2D eigenvalue weighted by atomic mass is 31.2. The first kappa shape index (κ1) is 38.9. The number of imidazole rings is 2. The molecule has 0 unspecified atom stereocenters. The van der Waals surface area contributed by atoms with Crippen molar-refractivity contribution in [1.29, 1.82) is 0 Å². The van der Waals surface area contributed by atoms with Crippen LogP contribution in [0.25, 0.3) is 22.1 Å². The van der Waals surface area contributed by atoms with Gasteiger partial charge in [0.05, 0.1) is 74.9 Å². The summed E-state index contributed by atoms with van der Waals surface area (Å²) in [5, 5.41) is 1.14. The maximum absolute atomic E-state index is 12.8. The highest BCUT2D eigenvalue weighted by molar-refractivity contribution is 7.62. The van der Waals surface area contributed by atoms with E-state index in [1.807, 2.05) is 65.2 Å². The molecule has 6 aromatic rings. The van der Waals surface area contributed by atoms with E-state index in [1.54, 1.807) is 78.8 Å². The van der Waals surface area contributed by atoms with Crippen LogP contribution in [0.1, 0.15) is 38.8 Å². The fourth-order valence-corrected chi connectivity index (χ4v) is 8.88. The third-order valence-electron chi connectivity index (χ3n) is 8.06. The van der Waals surface area contributed by atoms with Gasteiger partial charge in [0.1, 0.15) is 22.5 Å². The first-order valence-electron chi connectivity index (χ1n) is 17.1. The molecule has 0 aliphatic heterocycles. The molecule has 0 aliphatic carbocycles. The minimum absolute atomic E-state index is 0.333. The van der Waals surface area contributed by atoms with Crippen LogP contribution in [0, 0.1) is 0 Å². The van der Waals surface area contributed by atoms with Gasteiger partial charge < -0.3 is 36.7 Å². The Balaban J connectivity index is 0.000000201. The van der Waals surface area contributed by atoms with Crippen LogP contribution in [-0.2, 0) is 40.3 Å². The van der Waals surface area contributed by atoms with Crippen molar-refractivity contribution >= 4 is 47.9 Å². The van der Waals surface area contributed by atoms with Gasteiger partial charge in [0.25, 0.3) is 0 Å². The first-order valence-corrected chi connectivity index (χ1v) is 20.2. The SMILES string of the molecule is CCOP(=O)(OCC)c1ccc(Cn2cnc3c(OC)cccc32)cc1.CCOP(=O)(OCC)c1ccc(Cn2cnc3cccc(OC)c32)cc1. The van der Waals surface area contributed by atoms with Gasteiger partial charge in [0, 0.05) is 13.1 Å². The third-order valence-corrected chi connectivity index (χ3v) is 12.3. The largest absolute Gasteiger partial charge is 0.494 e. The van der Waals surface area contributed by atoms with Crippen LogP contribution in [0.15, 0.2) is 97.6 Å². The van der Waals surface area contributed by atoms with E-state index in [0.29, 0.717) is 50.1 Å². The van der Waals surface area contributed by atoms with Crippen molar-refractivity contribution in [3.05, 3.63) is 109 Å².